The van der Waals surface area contributed by atoms with Crippen molar-refractivity contribution in [1.82, 2.24) is 15.0 Å². The third-order valence-corrected chi connectivity index (χ3v) is 2.62. The molecule has 0 aliphatic rings. The second kappa shape index (κ2) is 5.53. The summed E-state index contributed by atoms with van der Waals surface area (Å²) in [4.78, 5) is 12.1. The van der Waals surface area contributed by atoms with Crippen molar-refractivity contribution in [3.63, 3.8) is 0 Å². The first-order chi connectivity index (χ1) is 8.70. The van der Waals surface area contributed by atoms with Gasteiger partial charge in [-0.2, -0.15) is 0 Å². The van der Waals surface area contributed by atoms with E-state index in [0.717, 1.165) is 12.0 Å². The first-order valence-electron chi connectivity index (χ1n) is 5.87. The van der Waals surface area contributed by atoms with E-state index in [4.69, 9.17) is 0 Å². The minimum Gasteiger partial charge on any atom is -0.292 e. The maximum atomic E-state index is 12.8. The number of ketones is 1. The Morgan fingerprint density at radius 1 is 1.33 bits per heavy atom. The maximum Gasteiger partial charge on any atom is 0.186 e. The lowest BCUT2D eigenvalue weighted by atomic mass is 10.1. The summed E-state index contributed by atoms with van der Waals surface area (Å²) in [6.07, 6.45) is 2.60. The van der Waals surface area contributed by atoms with E-state index in [1.165, 1.54) is 18.3 Å². The molecule has 1 heterocycles. The molecule has 0 fully saturated rings. The van der Waals surface area contributed by atoms with Crippen molar-refractivity contribution >= 4 is 5.78 Å². The van der Waals surface area contributed by atoms with Crippen LogP contribution in [0.15, 0.2) is 30.5 Å². The fraction of sp³-hybridized carbons (Fsp3) is 0.308. The number of halogens is 1. The summed E-state index contributed by atoms with van der Waals surface area (Å²) in [7, 11) is 0. The topological polar surface area (TPSA) is 47.8 Å². The zero-order valence-electron chi connectivity index (χ0n) is 10.1. The Morgan fingerprint density at radius 3 is 2.72 bits per heavy atom. The number of rotatable bonds is 5. The van der Waals surface area contributed by atoms with E-state index in [0.29, 0.717) is 12.2 Å². The van der Waals surface area contributed by atoms with Crippen molar-refractivity contribution in [2.75, 3.05) is 0 Å². The molecule has 18 heavy (non-hydrogen) atoms. The van der Waals surface area contributed by atoms with Gasteiger partial charge in [-0.3, -0.25) is 4.79 Å². The molecular weight excluding hydrogens is 233 g/mol. The molecule has 4 nitrogen and oxygen atoms in total. The van der Waals surface area contributed by atoms with Gasteiger partial charge in [0.2, 0.25) is 0 Å². The van der Waals surface area contributed by atoms with Crippen molar-refractivity contribution in [2.45, 2.75) is 26.3 Å². The second-order valence-electron chi connectivity index (χ2n) is 4.07. The molecule has 0 aliphatic heterocycles. The largest absolute Gasteiger partial charge is 0.292 e. The predicted molar refractivity (Wildman–Crippen MR) is 64.7 cm³/mol. The van der Waals surface area contributed by atoms with Gasteiger partial charge in [-0.1, -0.05) is 24.3 Å². The van der Waals surface area contributed by atoms with Crippen molar-refractivity contribution in [3.8, 4) is 0 Å². The van der Waals surface area contributed by atoms with Gasteiger partial charge >= 0.3 is 0 Å². The summed E-state index contributed by atoms with van der Waals surface area (Å²) in [5.74, 6) is -0.357. The van der Waals surface area contributed by atoms with E-state index in [1.54, 1.807) is 16.8 Å². The van der Waals surface area contributed by atoms with Gasteiger partial charge in [-0.25, -0.2) is 9.07 Å². The van der Waals surface area contributed by atoms with Crippen LogP contribution in [-0.4, -0.2) is 20.8 Å². The normalized spacial score (nSPS) is 10.6. The highest BCUT2D eigenvalue weighted by Crippen LogP contribution is 2.08. The molecule has 2 rings (SSSR count). The summed E-state index contributed by atoms with van der Waals surface area (Å²) in [5, 5.41) is 7.62. The standard InChI is InChI=1S/C13H14FN3O/c1-2-7-17-12(9-15-16-17)13(18)8-10-3-5-11(14)6-4-10/h3-6,9H,2,7-8H2,1H3. The van der Waals surface area contributed by atoms with Crippen LogP contribution >= 0.6 is 0 Å². The van der Waals surface area contributed by atoms with Gasteiger partial charge in [-0.15, -0.1) is 5.10 Å². The van der Waals surface area contributed by atoms with Gasteiger partial charge in [0.05, 0.1) is 6.20 Å². The molecule has 1 aromatic heterocycles. The second-order valence-corrected chi connectivity index (χ2v) is 4.07. The molecule has 0 unspecified atom stereocenters. The maximum absolute atomic E-state index is 12.8. The van der Waals surface area contributed by atoms with Crippen LogP contribution in [0.3, 0.4) is 0 Å². The lowest BCUT2D eigenvalue weighted by Gasteiger charge is -2.04. The number of hydrogen-bond donors (Lipinski definition) is 0. The number of aromatic nitrogens is 3. The van der Waals surface area contributed by atoms with Gasteiger partial charge in [0, 0.05) is 13.0 Å². The number of Topliss-reactive ketones (excluding diaryl/α,β-unsaturated/α-hetero) is 1. The lowest BCUT2D eigenvalue weighted by Crippen LogP contribution is -2.12. The Bertz CT molecular complexity index is 533. The summed E-state index contributed by atoms with van der Waals surface area (Å²) in [5.41, 5.74) is 1.28. The minimum absolute atomic E-state index is 0.0555. The molecule has 0 spiro atoms. The molecule has 0 aliphatic carbocycles. The Morgan fingerprint density at radius 2 is 2.06 bits per heavy atom. The zero-order chi connectivity index (χ0) is 13.0. The molecule has 5 heteroatoms. The van der Waals surface area contributed by atoms with Gasteiger partial charge in [0.1, 0.15) is 11.5 Å². The van der Waals surface area contributed by atoms with Crippen LogP contribution < -0.4 is 0 Å². The number of carbonyl (C=O) groups excluding carboxylic acids is 1. The number of carbonyl (C=O) groups is 1. The van der Waals surface area contributed by atoms with Crippen molar-refractivity contribution in [2.24, 2.45) is 0 Å². The van der Waals surface area contributed by atoms with E-state index >= 15 is 0 Å². The highest BCUT2D eigenvalue weighted by atomic mass is 19.1. The van der Waals surface area contributed by atoms with E-state index < -0.39 is 0 Å². The smallest absolute Gasteiger partial charge is 0.186 e. The molecule has 0 N–H and O–H groups in total. The predicted octanol–water partition coefficient (Wildman–Crippen LogP) is 2.25. The third kappa shape index (κ3) is 2.80. The van der Waals surface area contributed by atoms with E-state index in [9.17, 15) is 9.18 Å². The molecular formula is C13H14FN3O. The Kier molecular flexibility index (Phi) is 3.82. The molecule has 0 bridgehead atoms. The molecule has 2 aromatic rings. The van der Waals surface area contributed by atoms with Crippen LogP contribution in [-0.2, 0) is 13.0 Å². The number of aryl methyl sites for hydroxylation is 1. The average Bonchev–Trinajstić information content (AvgIpc) is 2.81. The minimum atomic E-state index is -0.302. The molecule has 0 saturated heterocycles. The number of nitrogens with zero attached hydrogens (tertiary/aromatic N) is 3. The number of hydrogen-bond acceptors (Lipinski definition) is 3. The Hall–Kier alpha value is -2.04. The van der Waals surface area contributed by atoms with Crippen LogP contribution in [0.1, 0.15) is 29.4 Å². The molecule has 1 aromatic carbocycles. The third-order valence-electron chi connectivity index (χ3n) is 2.62. The SMILES string of the molecule is CCCn1nncc1C(=O)Cc1ccc(F)cc1. The van der Waals surface area contributed by atoms with Crippen molar-refractivity contribution in [1.29, 1.82) is 0 Å². The monoisotopic (exact) mass is 247 g/mol. The van der Waals surface area contributed by atoms with Crippen LogP contribution in [0.2, 0.25) is 0 Å². The molecule has 0 amide bonds. The first-order valence-corrected chi connectivity index (χ1v) is 5.87. The molecule has 0 atom stereocenters. The molecule has 0 radical (unpaired) electrons. The van der Waals surface area contributed by atoms with Crippen LogP contribution in [0.4, 0.5) is 4.39 Å². The van der Waals surface area contributed by atoms with Crippen LogP contribution in [0.5, 0.6) is 0 Å². The van der Waals surface area contributed by atoms with Crippen molar-refractivity contribution < 1.29 is 9.18 Å². The average molecular weight is 247 g/mol. The Labute approximate surface area is 104 Å². The Balaban J connectivity index is 2.11. The number of benzene rings is 1. The fourth-order valence-electron chi connectivity index (χ4n) is 1.73. The summed E-state index contributed by atoms with van der Waals surface area (Å²) < 4.78 is 14.4. The summed E-state index contributed by atoms with van der Waals surface area (Å²) in [6, 6.07) is 5.93. The summed E-state index contributed by atoms with van der Waals surface area (Å²) >= 11 is 0. The van der Waals surface area contributed by atoms with E-state index in [2.05, 4.69) is 10.3 Å². The molecule has 0 saturated carbocycles. The first kappa shape index (κ1) is 12.4. The zero-order valence-corrected chi connectivity index (χ0v) is 10.1. The van der Waals surface area contributed by atoms with Crippen molar-refractivity contribution in [3.05, 3.63) is 47.5 Å². The van der Waals surface area contributed by atoms with E-state index in [1.807, 2.05) is 6.92 Å². The van der Waals surface area contributed by atoms with Gasteiger partial charge in [0.25, 0.3) is 0 Å². The molecule has 94 valence electrons. The quantitative estimate of drug-likeness (QED) is 0.761. The van der Waals surface area contributed by atoms with Crippen LogP contribution in [0, 0.1) is 5.82 Å². The summed E-state index contributed by atoms with van der Waals surface area (Å²) in [6.45, 7) is 2.68. The van der Waals surface area contributed by atoms with Gasteiger partial charge in [0.15, 0.2) is 5.78 Å². The fourth-order valence-corrected chi connectivity index (χ4v) is 1.73. The van der Waals surface area contributed by atoms with E-state index in [-0.39, 0.29) is 18.0 Å². The highest BCUT2D eigenvalue weighted by molar-refractivity contribution is 5.95. The lowest BCUT2D eigenvalue weighted by molar-refractivity contribution is 0.0982. The van der Waals surface area contributed by atoms with Crippen LogP contribution in [0.25, 0.3) is 0 Å². The van der Waals surface area contributed by atoms with Gasteiger partial charge in [-0.05, 0) is 24.1 Å². The highest BCUT2D eigenvalue weighted by Gasteiger charge is 2.13. The van der Waals surface area contributed by atoms with Gasteiger partial charge < -0.3 is 0 Å².